The summed E-state index contributed by atoms with van der Waals surface area (Å²) in [6.07, 6.45) is 1.17. The summed E-state index contributed by atoms with van der Waals surface area (Å²) in [5.74, 6) is 0. The highest BCUT2D eigenvalue weighted by Crippen LogP contribution is 2.24. The lowest BCUT2D eigenvalue weighted by Crippen LogP contribution is -2.39. The fourth-order valence-electron chi connectivity index (χ4n) is 2.66. The number of benzene rings is 1. The van der Waals surface area contributed by atoms with Gasteiger partial charge in [-0.2, -0.15) is 0 Å². The number of likely N-dealkylation sites (N-methyl/N-ethyl adjacent to an activating group) is 1. The van der Waals surface area contributed by atoms with E-state index >= 15 is 0 Å². The van der Waals surface area contributed by atoms with Crippen LogP contribution in [0, 0.1) is 0 Å². The molecule has 0 aromatic heterocycles. The minimum atomic E-state index is 0.480. The van der Waals surface area contributed by atoms with Gasteiger partial charge in [0.05, 0.1) is 0 Å². The number of anilines is 1. The third-order valence-electron chi connectivity index (χ3n) is 3.53. The predicted octanol–water partition coefficient (Wildman–Crippen LogP) is 1.85. The van der Waals surface area contributed by atoms with Gasteiger partial charge in [0, 0.05) is 30.4 Å². The second-order valence-electron chi connectivity index (χ2n) is 5.04. The van der Waals surface area contributed by atoms with Crippen LogP contribution >= 0.6 is 12.2 Å². The second-order valence-corrected chi connectivity index (χ2v) is 5.48. The van der Waals surface area contributed by atoms with Crippen molar-refractivity contribution in [3.63, 3.8) is 0 Å². The van der Waals surface area contributed by atoms with Gasteiger partial charge >= 0.3 is 0 Å². The van der Waals surface area contributed by atoms with Crippen LogP contribution in [0.4, 0.5) is 5.69 Å². The highest BCUT2D eigenvalue weighted by atomic mass is 32.1. The van der Waals surface area contributed by atoms with Gasteiger partial charge in [0.1, 0.15) is 4.99 Å². The Balaban J connectivity index is 2.32. The molecule has 1 saturated heterocycles. The Kier molecular flexibility index (Phi) is 4.19. The molecule has 1 aliphatic rings. The van der Waals surface area contributed by atoms with E-state index in [0.29, 0.717) is 11.0 Å². The summed E-state index contributed by atoms with van der Waals surface area (Å²) < 4.78 is 0. The van der Waals surface area contributed by atoms with Crippen molar-refractivity contribution < 1.29 is 0 Å². The van der Waals surface area contributed by atoms with Gasteiger partial charge < -0.3 is 15.5 Å². The topological polar surface area (TPSA) is 32.5 Å². The summed E-state index contributed by atoms with van der Waals surface area (Å²) in [6, 6.07) is 8.66. The maximum Gasteiger partial charge on any atom is 0.106 e. The Morgan fingerprint density at radius 2 is 2.06 bits per heavy atom. The van der Waals surface area contributed by atoms with E-state index < -0.39 is 0 Å². The number of nitrogens with zero attached hydrogens (tertiary/aromatic N) is 2. The second kappa shape index (κ2) is 5.67. The molecule has 1 aromatic carbocycles. The molecule has 0 saturated carbocycles. The zero-order valence-electron chi connectivity index (χ0n) is 11.1. The average Bonchev–Trinajstić information content (AvgIpc) is 2.50. The average molecular weight is 263 g/mol. The van der Waals surface area contributed by atoms with Crippen LogP contribution in [-0.4, -0.2) is 42.6 Å². The number of hydrogen-bond donors (Lipinski definition) is 1. The van der Waals surface area contributed by atoms with Crippen molar-refractivity contribution in [3.8, 4) is 0 Å². The monoisotopic (exact) mass is 263 g/mol. The molecule has 1 fully saturated rings. The SMILES string of the molecule is CC1CN(C)CCCN1c1ccccc1C(N)=S. The maximum atomic E-state index is 5.83. The minimum absolute atomic E-state index is 0.480. The van der Waals surface area contributed by atoms with Gasteiger partial charge in [-0.1, -0.05) is 24.4 Å². The van der Waals surface area contributed by atoms with Crippen LogP contribution in [0.25, 0.3) is 0 Å². The largest absolute Gasteiger partial charge is 0.389 e. The number of nitrogens with two attached hydrogens (primary N) is 1. The lowest BCUT2D eigenvalue weighted by atomic mass is 10.1. The first-order valence-electron chi connectivity index (χ1n) is 6.43. The molecule has 98 valence electrons. The van der Waals surface area contributed by atoms with Crippen LogP contribution in [0.2, 0.25) is 0 Å². The van der Waals surface area contributed by atoms with Gasteiger partial charge in [-0.15, -0.1) is 0 Å². The van der Waals surface area contributed by atoms with Crippen molar-refractivity contribution in [2.24, 2.45) is 5.73 Å². The molecular formula is C14H21N3S. The molecule has 2 rings (SSSR count). The molecule has 1 aliphatic heterocycles. The van der Waals surface area contributed by atoms with Crippen molar-refractivity contribution >= 4 is 22.9 Å². The van der Waals surface area contributed by atoms with E-state index in [9.17, 15) is 0 Å². The van der Waals surface area contributed by atoms with Gasteiger partial charge in [-0.25, -0.2) is 0 Å². The van der Waals surface area contributed by atoms with Gasteiger partial charge in [-0.3, -0.25) is 0 Å². The van der Waals surface area contributed by atoms with Crippen molar-refractivity contribution in [3.05, 3.63) is 29.8 Å². The van der Waals surface area contributed by atoms with Crippen LogP contribution in [0.5, 0.6) is 0 Å². The Labute approximate surface area is 115 Å². The summed E-state index contributed by atoms with van der Waals surface area (Å²) in [6.45, 7) is 5.55. The predicted molar refractivity (Wildman–Crippen MR) is 81.3 cm³/mol. The first-order chi connectivity index (χ1) is 8.59. The van der Waals surface area contributed by atoms with Gasteiger partial charge in [0.25, 0.3) is 0 Å². The third-order valence-corrected chi connectivity index (χ3v) is 3.75. The van der Waals surface area contributed by atoms with Crippen molar-refractivity contribution in [1.29, 1.82) is 0 Å². The van der Waals surface area contributed by atoms with E-state index in [1.165, 1.54) is 12.1 Å². The number of para-hydroxylation sites is 1. The fourth-order valence-corrected chi connectivity index (χ4v) is 2.84. The van der Waals surface area contributed by atoms with E-state index in [-0.39, 0.29) is 0 Å². The highest BCUT2D eigenvalue weighted by Gasteiger charge is 2.22. The molecule has 2 N–H and O–H groups in total. The van der Waals surface area contributed by atoms with Crippen LogP contribution in [0.3, 0.4) is 0 Å². The van der Waals surface area contributed by atoms with Crippen LogP contribution in [0.1, 0.15) is 18.9 Å². The van der Waals surface area contributed by atoms with Gasteiger partial charge in [0.2, 0.25) is 0 Å². The van der Waals surface area contributed by atoms with E-state index in [1.54, 1.807) is 0 Å². The van der Waals surface area contributed by atoms with E-state index in [2.05, 4.69) is 35.9 Å². The zero-order valence-corrected chi connectivity index (χ0v) is 11.9. The molecule has 0 aliphatic carbocycles. The number of rotatable bonds is 2. The number of hydrogen-bond acceptors (Lipinski definition) is 3. The summed E-state index contributed by atoms with van der Waals surface area (Å²) in [4.78, 5) is 5.29. The summed E-state index contributed by atoms with van der Waals surface area (Å²) in [5, 5.41) is 0. The van der Waals surface area contributed by atoms with Gasteiger partial charge in [-0.05, 0) is 39.1 Å². The van der Waals surface area contributed by atoms with E-state index in [4.69, 9.17) is 18.0 Å². The molecule has 1 unspecified atom stereocenters. The number of thiocarbonyl (C=S) groups is 1. The van der Waals surface area contributed by atoms with Crippen LogP contribution in [-0.2, 0) is 0 Å². The molecular weight excluding hydrogens is 242 g/mol. The molecule has 18 heavy (non-hydrogen) atoms. The van der Waals surface area contributed by atoms with Crippen molar-refractivity contribution in [2.45, 2.75) is 19.4 Å². The molecule has 0 amide bonds. The summed E-state index contributed by atoms with van der Waals surface area (Å²) in [7, 11) is 2.18. The Hall–Kier alpha value is -1.13. The zero-order chi connectivity index (χ0) is 13.1. The fraction of sp³-hybridized carbons (Fsp3) is 0.500. The Bertz CT molecular complexity index is 433. The van der Waals surface area contributed by atoms with Crippen molar-refractivity contribution in [1.82, 2.24) is 4.90 Å². The molecule has 1 atom stereocenters. The molecule has 0 bridgehead atoms. The lowest BCUT2D eigenvalue weighted by Gasteiger charge is -2.31. The quantitative estimate of drug-likeness (QED) is 0.826. The molecule has 1 aromatic rings. The summed E-state index contributed by atoms with van der Waals surface area (Å²) >= 11 is 5.16. The first kappa shape index (κ1) is 13.3. The normalized spacial score (nSPS) is 21.7. The molecule has 4 heteroatoms. The Morgan fingerprint density at radius 3 is 2.78 bits per heavy atom. The molecule has 3 nitrogen and oxygen atoms in total. The highest BCUT2D eigenvalue weighted by molar-refractivity contribution is 7.80. The molecule has 0 radical (unpaired) electrons. The van der Waals surface area contributed by atoms with E-state index in [1.807, 2.05) is 12.1 Å². The lowest BCUT2D eigenvalue weighted by molar-refractivity contribution is 0.337. The third kappa shape index (κ3) is 2.82. The van der Waals surface area contributed by atoms with Crippen molar-refractivity contribution in [2.75, 3.05) is 31.6 Å². The summed E-state index contributed by atoms with van der Waals surface area (Å²) in [5.41, 5.74) is 7.99. The minimum Gasteiger partial charge on any atom is -0.389 e. The standard InChI is InChI=1S/C14H21N3S/c1-11-10-16(2)8-5-9-17(11)13-7-4-3-6-12(13)14(15)18/h3-4,6-7,11H,5,8-10H2,1-2H3,(H2,15,18). The maximum absolute atomic E-state index is 5.83. The Morgan fingerprint density at radius 1 is 1.33 bits per heavy atom. The smallest absolute Gasteiger partial charge is 0.106 e. The first-order valence-corrected chi connectivity index (χ1v) is 6.84. The van der Waals surface area contributed by atoms with Crippen LogP contribution < -0.4 is 10.6 Å². The molecule has 1 heterocycles. The van der Waals surface area contributed by atoms with Crippen LogP contribution in [0.15, 0.2) is 24.3 Å². The van der Waals surface area contributed by atoms with E-state index in [0.717, 1.165) is 25.2 Å². The van der Waals surface area contributed by atoms with Gasteiger partial charge in [0.15, 0.2) is 0 Å². The molecule has 0 spiro atoms.